The number of likely N-dealkylation sites (N-methyl/N-ethyl adjacent to an activating group) is 1. The van der Waals surface area contributed by atoms with Gasteiger partial charge in [-0.1, -0.05) is 212 Å². The number of rotatable bonds is 46. The van der Waals surface area contributed by atoms with Crippen molar-refractivity contribution in [2.24, 2.45) is 0 Å². The van der Waals surface area contributed by atoms with Gasteiger partial charge in [-0.25, -0.2) is 0 Å². The second kappa shape index (κ2) is 42.3. The van der Waals surface area contributed by atoms with E-state index in [1.807, 2.05) is 27.2 Å². The van der Waals surface area contributed by atoms with Crippen LogP contribution in [0.15, 0.2) is 24.3 Å². The van der Waals surface area contributed by atoms with Crippen molar-refractivity contribution in [1.82, 2.24) is 5.32 Å². The van der Waals surface area contributed by atoms with Crippen LogP contribution in [0.3, 0.4) is 0 Å². The highest BCUT2D eigenvalue weighted by atomic mass is 31.2. The number of carbonyl (C=O) groups is 1. The summed E-state index contributed by atoms with van der Waals surface area (Å²) < 4.78 is 23.2. The molecule has 2 N–H and O–H groups in total. The molecule has 0 radical (unpaired) electrons. The Kier molecular flexibility index (Phi) is 41.6. The topological polar surface area (TPSA) is 108 Å². The molecule has 0 aliphatic rings. The Balaban J connectivity index is 4.08. The highest BCUT2D eigenvalue weighted by molar-refractivity contribution is 7.45. The molecule has 0 rings (SSSR count). The Labute approximate surface area is 366 Å². The van der Waals surface area contributed by atoms with Gasteiger partial charge in [-0.15, -0.1) is 0 Å². The molecule has 0 aliphatic carbocycles. The number of carbonyl (C=O) groups excluding carboxylic acids is 1. The minimum Gasteiger partial charge on any atom is -0.756 e. The lowest BCUT2D eigenvalue weighted by molar-refractivity contribution is -0.870. The van der Waals surface area contributed by atoms with E-state index in [0.717, 1.165) is 38.5 Å². The van der Waals surface area contributed by atoms with Gasteiger partial charge in [0, 0.05) is 6.42 Å². The summed E-state index contributed by atoms with van der Waals surface area (Å²) in [5.41, 5.74) is 0. The van der Waals surface area contributed by atoms with Gasteiger partial charge in [0.15, 0.2) is 0 Å². The van der Waals surface area contributed by atoms with E-state index in [4.69, 9.17) is 9.05 Å². The number of aliphatic hydroxyl groups is 1. The van der Waals surface area contributed by atoms with Gasteiger partial charge in [0.2, 0.25) is 5.91 Å². The van der Waals surface area contributed by atoms with Crippen LogP contribution in [0, 0.1) is 0 Å². The van der Waals surface area contributed by atoms with Gasteiger partial charge in [0.1, 0.15) is 13.2 Å². The van der Waals surface area contributed by atoms with E-state index < -0.39 is 20.0 Å². The van der Waals surface area contributed by atoms with E-state index in [1.165, 1.54) is 180 Å². The van der Waals surface area contributed by atoms with Crippen LogP contribution in [0.1, 0.15) is 239 Å². The second-order valence-corrected chi connectivity index (χ2v) is 19.9. The number of nitrogens with one attached hydrogen (secondary N) is 1. The van der Waals surface area contributed by atoms with Crippen molar-refractivity contribution >= 4 is 13.7 Å². The normalized spacial score (nSPS) is 14.4. The molecule has 0 aromatic rings. The summed E-state index contributed by atoms with van der Waals surface area (Å²) in [5.74, 6) is -0.197. The molecule has 0 heterocycles. The Morgan fingerprint density at radius 1 is 0.576 bits per heavy atom. The van der Waals surface area contributed by atoms with Crippen molar-refractivity contribution in [3.05, 3.63) is 24.3 Å². The van der Waals surface area contributed by atoms with Crippen LogP contribution in [0.5, 0.6) is 0 Å². The van der Waals surface area contributed by atoms with Crippen LogP contribution in [-0.2, 0) is 18.4 Å². The molecule has 3 unspecified atom stereocenters. The first kappa shape index (κ1) is 58.0. The molecule has 0 bridgehead atoms. The number of allylic oxidation sites excluding steroid dienone is 3. The predicted octanol–water partition coefficient (Wildman–Crippen LogP) is 13.8. The number of unbranched alkanes of at least 4 members (excludes halogenated alkanes) is 31. The van der Waals surface area contributed by atoms with Crippen molar-refractivity contribution in [2.45, 2.75) is 251 Å². The number of amides is 1. The maximum absolute atomic E-state index is 12.9. The Morgan fingerprint density at radius 2 is 0.932 bits per heavy atom. The van der Waals surface area contributed by atoms with Crippen LogP contribution < -0.4 is 10.2 Å². The minimum absolute atomic E-state index is 0.000554. The van der Waals surface area contributed by atoms with Crippen molar-refractivity contribution in [3.63, 3.8) is 0 Å². The lowest BCUT2D eigenvalue weighted by Crippen LogP contribution is -2.45. The third kappa shape index (κ3) is 44.8. The van der Waals surface area contributed by atoms with Crippen LogP contribution in [0.25, 0.3) is 0 Å². The molecule has 9 heteroatoms. The second-order valence-electron chi connectivity index (χ2n) is 18.5. The number of aliphatic hydroxyl groups excluding tert-OH is 1. The third-order valence-corrected chi connectivity index (χ3v) is 12.4. The lowest BCUT2D eigenvalue weighted by Gasteiger charge is -2.29. The summed E-state index contributed by atoms with van der Waals surface area (Å²) in [6.07, 6.45) is 51.1. The zero-order chi connectivity index (χ0) is 43.6. The number of phosphoric acid groups is 1. The fourth-order valence-electron chi connectivity index (χ4n) is 7.38. The molecule has 0 fully saturated rings. The summed E-state index contributed by atoms with van der Waals surface area (Å²) in [7, 11) is 1.27. The van der Waals surface area contributed by atoms with E-state index in [-0.39, 0.29) is 19.1 Å². The zero-order valence-electron chi connectivity index (χ0n) is 39.7. The molecule has 8 nitrogen and oxygen atoms in total. The standard InChI is InChI=1S/C50H99N2O6P/c1-6-8-10-12-14-16-18-19-20-21-22-23-24-25-26-27-28-29-30-31-32-33-34-36-38-40-42-44-50(54)51-48(47-58-59(55,56)57-46-45-52(3,4)5)49(53)43-41-39-37-35-17-15-13-11-9-7-2/h21-22,41,43,48-49,53H,6-20,23-40,42,44-47H2,1-5H3,(H-,51,54,55,56)/b22-21-,43-41+. The van der Waals surface area contributed by atoms with Gasteiger partial charge in [0.05, 0.1) is 39.9 Å². The first-order valence-corrected chi connectivity index (χ1v) is 26.7. The molecule has 0 spiro atoms. The van der Waals surface area contributed by atoms with Gasteiger partial charge in [-0.2, -0.15) is 0 Å². The van der Waals surface area contributed by atoms with E-state index in [0.29, 0.717) is 17.4 Å². The number of phosphoric ester groups is 1. The van der Waals surface area contributed by atoms with Crippen molar-refractivity contribution < 1.29 is 32.9 Å². The summed E-state index contributed by atoms with van der Waals surface area (Å²) >= 11 is 0. The number of hydrogen-bond acceptors (Lipinski definition) is 6. The molecule has 59 heavy (non-hydrogen) atoms. The molecule has 3 atom stereocenters. The SMILES string of the molecule is CCCCCCCCCC/C=C\CCCCCCCCCCCCCCCCCC(=O)NC(COP(=O)([O-])OCC[N+](C)(C)C)C(O)/C=C/CCCCCCCCCC. The lowest BCUT2D eigenvalue weighted by atomic mass is 10.0. The average Bonchev–Trinajstić information content (AvgIpc) is 3.19. The van der Waals surface area contributed by atoms with Gasteiger partial charge in [-0.05, 0) is 44.9 Å². The summed E-state index contributed by atoms with van der Waals surface area (Å²) in [6.45, 7) is 4.64. The first-order chi connectivity index (χ1) is 28.5. The molecule has 0 aliphatic heterocycles. The van der Waals surface area contributed by atoms with Gasteiger partial charge < -0.3 is 28.8 Å². The minimum atomic E-state index is -4.58. The average molecular weight is 855 g/mol. The molecule has 0 aromatic carbocycles. The smallest absolute Gasteiger partial charge is 0.268 e. The number of hydrogen-bond donors (Lipinski definition) is 2. The van der Waals surface area contributed by atoms with Gasteiger partial charge >= 0.3 is 0 Å². The largest absolute Gasteiger partial charge is 0.756 e. The van der Waals surface area contributed by atoms with Gasteiger partial charge in [-0.3, -0.25) is 9.36 Å². The van der Waals surface area contributed by atoms with E-state index in [2.05, 4.69) is 31.3 Å². The van der Waals surface area contributed by atoms with Crippen LogP contribution >= 0.6 is 7.82 Å². The fourth-order valence-corrected chi connectivity index (χ4v) is 8.11. The molecule has 0 saturated carbocycles. The highest BCUT2D eigenvalue weighted by Crippen LogP contribution is 2.38. The zero-order valence-corrected chi connectivity index (χ0v) is 40.6. The summed E-state index contributed by atoms with van der Waals surface area (Å²) in [4.78, 5) is 25.3. The van der Waals surface area contributed by atoms with Crippen molar-refractivity contribution in [2.75, 3.05) is 40.9 Å². The Hall–Kier alpha value is -1.02. The monoisotopic (exact) mass is 855 g/mol. The first-order valence-electron chi connectivity index (χ1n) is 25.2. The fraction of sp³-hybridized carbons (Fsp3) is 0.900. The Bertz CT molecular complexity index is 1020. The maximum Gasteiger partial charge on any atom is 0.268 e. The molecule has 350 valence electrons. The van der Waals surface area contributed by atoms with E-state index in [1.54, 1.807) is 6.08 Å². The molecular formula is C50H99N2O6P. The van der Waals surface area contributed by atoms with Crippen LogP contribution in [0.4, 0.5) is 0 Å². The summed E-state index contributed by atoms with van der Waals surface area (Å²) in [6, 6.07) is -0.881. The molecule has 0 aromatic heterocycles. The third-order valence-electron chi connectivity index (χ3n) is 11.4. The predicted molar refractivity (Wildman–Crippen MR) is 252 cm³/mol. The van der Waals surface area contributed by atoms with Crippen molar-refractivity contribution in [3.8, 4) is 0 Å². The summed E-state index contributed by atoms with van der Waals surface area (Å²) in [5, 5.41) is 13.8. The number of nitrogens with zero attached hydrogens (tertiary/aromatic N) is 1. The maximum atomic E-state index is 12.9. The van der Waals surface area contributed by atoms with Gasteiger partial charge in [0.25, 0.3) is 7.82 Å². The van der Waals surface area contributed by atoms with E-state index in [9.17, 15) is 19.4 Å². The number of quaternary nitrogens is 1. The molecule has 1 amide bonds. The van der Waals surface area contributed by atoms with Crippen LogP contribution in [0.2, 0.25) is 0 Å². The van der Waals surface area contributed by atoms with Crippen LogP contribution in [-0.4, -0.2) is 68.5 Å². The highest BCUT2D eigenvalue weighted by Gasteiger charge is 2.23. The van der Waals surface area contributed by atoms with E-state index >= 15 is 0 Å². The van der Waals surface area contributed by atoms with Crippen molar-refractivity contribution in [1.29, 1.82) is 0 Å². The molecule has 0 saturated heterocycles. The molecular weight excluding hydrogens is 756 g/mol. The quantitative estimate of drug-likeness (QED) is 0.0273. The Morgan fingerprint density at radius 3 is 1.32 bits per heavy atom.